The molecule has 0 spiro atoms. The van der Waals surface area contributed by atoms with Gasteiger partial charge in [0.2, 0.25) is 0 Å². The van der Waals surface area contributed by atoms with Crippen molar-refractivity contribution >= 4 is 22.9 Å². The largest absolute Gasteiger partial charge is 0.378 e. The van der Waals surface area contributed by atoms with E-state index in [2.05, 4.69) is 15.2 Å². The Labute approximate surface area is 146 Å². The van der Waals surface area contributed by atoms with Crippen molar-refractivity contribution in [1.82, 2.24) is 9.38 Å². The third kappa shape index (κ3) is 3.08. The highest BCUT2D eigenvalue weighted by Gasteiger charge is 2.18. The van der Waals surface area contributed by atoms with E-state index in [4.69, 9.17) is 4.74 Å². The number of morpholine rings is 1. The van der Waals surface area contributed by atoms with E-state index in [0.29, 0.717) is 24.4 Å². The van der Waals surface area contributed by atoms with E-state index in [1.165, 1.54) is 0 Å². The second-order valence-electron chi connectivity index (χ2n) is 6.11. The molecule has 3 heterocycles. The Morgan fingerprint density at radius 1 is 1.16 bits per heavy atom. The number of aryl methyl sites for hydroxylation is 1. The van der Waals surface area contributed by atoms with E-state index in [1.54, 1.807) is 6.07 Å². The Morgan fingerprint density at radius 3 is 2.80 bits per heavy atom. The fourth-order valence-electron chi connectivity index (χ4n) is 3.16. The lowest BCUT2D eigenvalue weighted by Crippen LogP contribution is -2.36. The third-order valence-electron chi connectivity index (χ3n) is 4.35. The molecular formula is C19H20N4O2. The number of nitrogens with zero attached hydrogens (tertiary/aromatic N) is 3. The van der Waals surface area contributed by atoms with Crippen LogP contribution in [0.2, 0.25) is 0 Å². The number of rotatable bonds is 3. The zero-order valence-corrected chi connectivity index (χ0v) is 14.1. The van der Waals surface area contributed by atoms with E-state index in [1.807, 2.05) is 54.0 Å². The van der Waals surface area contributed by atoms with Gasteiger partial charge < -0.3 is 19.4 Å². The van der Waals surface area contributed by atoms with Crippen molar-refractivity contribution in [3.63, 3.8) is 0 Å². The molecule has 1 aliphatic rings. The maximum atomic E-state index is 12.9. The highest BCUT2D eigenvalue weighted by molar-refractivity contribution is 6.09. The van der Waals surface area contributed by atoms with Crippen molar-refractivity contribution < 1.29 is 9.53 Å². The molecule has 128 valence electrons. The van der Waals surface area contributed by atoms with E-state index in [-0.39, 0.29) is 5.91 Å². The van der Waals surface area contributed by atoms with Crippen LogP contribution >= 0.6 is 0 Å². The summed E-state index contributed by atoms with van der Waals surface area (Å²) in [5, 5.41) is 3.05. The first-order valence-corrected chi connectivity index (χ1v) is 8.40. The number of nitrogens with one attached hydrogen (secondary N) is 1. The molecule has 1 N–H and O–H groups in total. The van der Waals surface area contributed by atoms with Crippen LogP contribution in [0.15, 0.2) is 48.8 Å². The van der Waals surface area contributed by atoms with Crippen molar-refractivity contribution in [2.75, 3.05) is 36.5 Å². The number of benzene rings is 1. The lowest BCUT2D eigenvalue weighted by atomic mass is 10.2. The van der Waals surface area contributed by atoms with Gasteiger partial charge in [-0.3, -0.25) is 4.79 Å². The molecule has 3 aromatic rings. The Hall–Kier alpha value is -2.86. The lowest BCUT2D eigenvalue weighted by Gasteiger charge is -2.30. The molecule has 4 rings (SSSR count). The number of anilines is 2. The number of carbonyl (C=O) groups is 1. The molecule has 1 saturated heterocycles. The number of fused-ring (bicyclic) bond motifs is 1. The average molecular weight is 336 g/mol. The molecule has 2 aromatic heterocycles. The molecule has 0 atom stereocenters. The fraction of sp³-hybridized carbons (Fsp3) is 0.263. The molecule has 0 aliphatic carbocycles. The summed E-state index contributed by atoms with van der Waals surface area (Å²) in [7, 11) is 0. The molecule has 1 aromatic carbocycles. The van der Waals surface area contributed by atoms with Gasteiger partial charge in [-0.2, -0.15) is 0 Å². The number of imidazole rings is 1. The average Bonchev–Trinajstić information content (AvgIpc) is 3.03. The van der Waals surface area contributed by atoms with Crippen LogP contribution in [0.25, 0.3) is 5.65 Å². The molecule has 0 saturated carbocycles. The van der Waals surface area contributed by atoms with E-state index in [9.17, 15) is 4.79 Å². The second kappa shape index (κ2) is 6.57. The zero-order valence-electron chi connectivity index (χ0n) is 14.1. The second-order valence-corrected chi connectivity index (χ2v) is 6.11. The molecule has 25 heavy (non-hydrogen) atoms. The van der Waals surface area contributed by atoms with Crippen LogP contribution in [0.1, 0.15) is 16.1 Å². The van der Waals surface area contributed by atoms with Crippen molar-refractivity contribution in [2.45, 2.75) is 6.92 Å². The van der Waals surface area contributed by atoms with Gasteiger partial charge in [0.1, 0.15) is 5.65 Å². The lowest BCUT2D eigenvalue weighted by molar-refractivity contribution is 0.102. The highest BCUT2D eigenvalue weighted by Crippen LogP contribution is 2.27. The monoisotopic (exact) mass is 336 g/mol. The number of carbonyl (C=O) groups excluding carboxylic acids is 1. The highest BCUT2D eigenvalue weighted by atomic mass is 16.5. The van der Waals surface area contributed by atoms with Crippen molar-refractivity contribution in [2.24, 2.45) is 0 Å². The van der Waals surface area contributed by atoms with Crippen molar-refractivity contribution in [1.29, 1.82) is 0 Å². The van der Waals surface area contributed by atoms with Gasteiger partial charge in [0.15, 0.2) is 0 Å². The Balaban J connectivity index is 1.64. The van der Waals surface area contributed by atoms with Gasteiger partial charge in [0.25, 0.3) is 5.91 Å². The van der Waals surface area contributed by atoms with E-state index >= 15 is 0 Å². The van der Waals surface area contributed by atoms with E-state index < -0.39 is 0 Å². The molecular weight excluding hydrogens is 316 g/mol. The minimum atomic E-state index is -0.156. The topological polar surface area (TPSA) is 58.9 Å². The van der Waals surface area contributed by atoms with E-state index in [0.717, 1.165) is 30.2 Å². The first-order chi connectivity index (χ1) is 12.2. The number of pyridine rings is 1. The summed E-state index contributed by atoms with van der Waals surface area (Å²) >= 11 is 0. The number of amides is 1. The SMILES string of the molecule is Cc1cn2cccc(C(=O)Nc3ccccc3N3CCOCC3)c2n1. The molecule has 1 fully saturated rings. The van der Waals surface area contributed by atoms with Crippen LogP contribution in [-0.4, -0.2) is 41.6 Å². The number of para-hydroxylation sites is 2. The summed E-state index contributed by atoms with van der Waals surface area (Å²) in [6.45, 7) is 4.97. The van der Waals surface area contributed by atoms with Gasteiger partial charge in [0, 0.05) is 25.5 Å². The molecule has 1 amide bonds. The summed E-state index contributed by atoms with van der Waals surface area (Å²) < 4.78 is 7.30. The van der Waals surface area contributed by atoms with Gasteiger partial charge >= 0.3 is 0 Å². The Kier molecular flexibility index (Phi) is 4.11. The van der Waals surface area contributed by atoms with Gasteiger partial charge in [-0.1, -0.05) is 12.1 Å². The predicted octanol–water partition coefficient (Wildman–Crippen LogP) is 2.73. The van der Waals surface area contributed by atoms with Gasteiger partial charge in [0.05, 0.1) is 35.8 Å². The predicted molar refractivity (Wildman–Crippen MR) is 97.4 cm³/mol. The molecule has 0 radical (unpaired) electrons. The standard InChI is InChI=1S/C19H20N4O2/c1-14-13-23-8-4-5-15(18(23)20-14)19(24)21-16-6-2-3-7-17(16)22-9-11-25-12-10-22/h2-8,13H,9-12H2,1H3,(H,21,24). The smallest absolute Gasteiger partial charge is 0.259 e. The first kappa shape index (κ1) is 15.7. The number of hydrogen-bond donors (Lipinski definition) is 1. The van der Waals surface area contributed by atoms with Crippen molar-refractivity contribution in [3.8, 4) is 0 Å². The Bertz CT molecular complexity index is 913. The summed E-state index contributed by atoms with van der Waals surface area (Å²) in [4.78, 5) is 19.6. The maximum Gasteiger partial charge on any atom is 0.259 e. The first-order valence-electron chi connectivity index (χ1n) is 8.40. The van der Waals surface area contributed by atoms with Crippen LogP contribution in [0.5, 0.6) is 0 Å². The van der Waals surface area contributed by atoms with Gasteiger partial charge in [-0.15, -0.1) is 0 Å². The molecule has 1 aliphatic heterocycles. The minimum Gasteiger partial charge on any atom is -0.378 e. The van der Waals surface area contributed by atoms with Gasteiger partial charge in [-0.25, -0.2) is 4.98 Å². The van der Waals surface area contributed by atoms with Crippen LogP contribution in [0.4, 0.5) is 11.4 Å². The zero-order chi connectivity index (χ0) is 17.2. The van der Waals surface area contributed by atoms with Crippen LogP contribution in [0.3, 0.4) is 0 Å². The number of aromatic nitrogens is 2. The summed E-state index contributed by atoms with van der Waals surface area (Å²) in [5.41, 5.74) is 3.94. The van der Waals surface area contributed by atoms with Crippen LogP contribution < -0.4 is 10.2 Å². The normalized spacial score (nSPS) is 14.7. The number of hydrogen-bond acceptors (Lipinski definition) is 4. The Morgan fingerprint density at radius 2 is 1.96 bits per heavy atom. The third-order valence-corrected chi connectivity index (χ3v) is 4.35. The molecule has 6 heteroatoms. The molecule has 0 unspecified atom stereocenters. The van der Waals surface area contributed by atoms with Crippen LogP contribution in [0, 0.1) is 6.92 Å². The summed E-state index contributed by atoms with van der Waals surface area (Å²) in [6.07, 6.45) is 3.81. The van der Waals surface area contributed by atoms with Crippen molar-refractivity contribution in [3.05, 3.63) is 60.0 Å². The minimum absolute atomic E-state index is 0.156. The summed E-state index contributed by atoms with van der Waals surface area (Å²) in [5.74, 6) is -0.156. The molecule has 0 bridgehead atoms. The summed E-state index contributed by atoms with van der Waals surface area (Å²) in [6, 6.07) is 11.5. The van der Waals surface area contributed by atoms with Crippen LogP contribution in [-0.2, 0) is 4.74 Å². The fourth-order valence-corrected chi connectivity index (χ4v) is 3.16. The molecule has 6 nitrogen and oxygen atoms in total. The van der Waals surface area contributed by atoms with Gasteiger partial charge in [-0.05, 0) is 31.2 Å². The number of ether oxygens (including phenoxy) is 1. The quantitative estimate of drug-likeness (QED) is 0.799. The maximum absolute atomic E-state index is 12.9.